The number of hydrogen-bond acceptors (Lipinski definition) is 8. The summed E-state index contributed by atoms with van der Waals surface area (Å²) < 4.78 is 92.7. The summed E-state index contributed by atoms with van der Waals surface area (Å²) in [6, 6.07) is 11.3. The number of nitrogens with zero attached hydrogens (tertiary/aromatic N) is 4. The molecule has 0 aliphatic carbocycles. The smallest absolute Gasteiger partial charge is 0.475 e. The second kappa shape index (κ2) is 12.2. The molecule has 0 bridgehead atoms. The van der Waals surface area contributed by atoms with E-state index in [2.05, 4.69) is 31.1 Å². The maximum absolute atomic E-state index is 15.1. The van der Waals surface area contributed by atoms with Crippen molar-refractivity contribution in [3.05, 3.63) is 65.5 Å². The Hall–Kier alpha value is -3.37. The number of hydrogen-bond donors (Lipinski definition) is 2. The fourth-order valence-electron chi connectivity index (χ4n) is 3.99. The first-order valence-electron chi connectivity index (χ1n) is 11.3. The molecule has 1 unspecified atom stereocenters. The minimum absolute atomic E-state index is 0.0539. The van der Waals surface area contributed by atoms with Gasteiger partial charge in [0.05, 0.1) is 0 Å². The number of benzene rings is 2. The maximum atomic E-state index is 15.1. The summed E-state index contributed by atoms with van der Waals surface area (Å²) in [5.74, 6) is -5.01. The minimum atomic E-state index is -5.08. The Morgan fingerprint density at radius 1 is 1.26 bits per heavy atom. The highest BCUT2D eigenvalue weighted by Gasteiger charge is 2.38. The molecule has 1 aliphatic rings. The molecular weight excluding hydrogens is 569 g/mol. The Bertz CT molecular complexity index is 1390. The summed E-state index contributed by atoms with van der Waals surface area (Å²) >= 11 is 0.777. The van der Waals surface area contributed by atoms with Gasteiger partial charge in [-0.2, -0.15) is 17.5 Å². The van der Waals surface area contributed by atoms with Gasteiger partial charge in [0.1, 0.15) is 12.1 Å². The molecule has 4 rings (SSSR count). The van der Waals surface area contributed by atoms with E-state index in [4.69, 9.17) is 9.90 Å². The second-order valence-corrected chi connectivity index (χ2v) is 11.0. The monoisotopic (exact) mass is 593 g/mol. The van der Waals surface area contributed by atoms with Crippen LogP contribution in [0.25, 0.3) is 0 Å². The number of carboxylic acids is 1. The van der Waals surface area contributed by atoms with Gasteiger partial charge in [-0.15, -0.1) is 0 Å². The van der Waals surface area contributed by atoms with Crippen LogP contribution in [0.2, 0.25) is 0 Å². The number of carbonyl (C=O) groups is 1. The van der Waals surface area contributed by atoms with E-state index in [0.29, 0.717) is 5.69 Å². The molecule has 16 heteroatoms. The van der Waals surface area contributed by atoms with Gasteiger partial charge in [-0.05, 0) is 25.0 Å². The van der Waals surface area contributed by atoms with Crippen LogP contribution in [0, 0.1) is 18.6 Å². The van der Waals surface area contributed by atoms with Gasteiger partial charge in [0.25, 0.3) is 10.0 Å². The summed E-state index contributed by atoms with van der Waals surface area (Å²) in [4.78, 5) is 15.7. The van der Waals surface area contributed by atoms with Crippen molar-refractivity contribution in [2.75, 3.05) is 29.8 Å². The number of likely N-dealkylation sites (N-methyl/N-ethyl adjacent to an activating group) is 1. The number of halogens is 5. The number of carboxylic acid groups (broad SMARTS) is 1. The maximum Gasteiger partial charge on any atom is 0.490 e. The summed E-state index contributed by atoms with van der Waals surface area (Å²) in [7, 11) is -2.71. The van der Waals surface area contributed by atoms with E-state index in [-0.39, 0.29) is 16.7 Å². The van der Waals surface area contributed by atoms with E-state index in [9.17, 15) is 26.0 Å². The molecule has 0 amide bonds. The molecule has 0 saturated carbocycles. The highest BCUT2D eigenvalue weighted by atomic mass is 32.2. The average molecular weight is 594 g/mol. The van der Waals surface area contributed by atoms with Crippen LogP contribution in [0.4, 0.5) is 32.8 Å². The highest BCUT2D eigenvalue weighted by molar-refractivity contribution is 7.93. The molecule has 1 aliphatic heterocycles. The molecule has 9 nitrogen and oxygen atoms in total. The Morgan fingerprint density at radius 2 is 1.90 bits per heavy atom. The van der Waals surface area contributed by atoms with Crippen LogP contribution in [0.15, 0.2) is 47.6 Å². The lowest BCUT2D eigenvalue weighted by Gasteiger charge is -2.29. The van der Waals surface area contributed by atoms with Gasteiger partial charge in [0.15, 0.2) is 10.7 Å². The minimum Gasteiger partial charge on any atom is -0.475 e. The van der Waals surface area contributed by atoms with E-state index in [1.54, 1.807) is 7.05 Å². The van der Waals surface area contributed by atoms with Gasteiger partial charge in [0, 0.05) is 55.5 Å². The summed E-state index contributed by atoms with van der Waals surface area (Å²) in [5.41, 5.74) is 1.62. The number of aliphatic carboxylic acids is 1. The normalized spacial score (nSPS) is 15.9. The van der Waals surface area contributed by atoms with Crippen molar-refractivity contribution < 1.29 is 40.3 Å². The molecule has 212 valence electrons. The number of nitrogens with one attached hydrogen (secondary N) is 1. The topological polar surface area (TPSA) is 116 Å². The number of sulfonamides is 1. The summed E-state index contributed by atoms with van der Waals surface area (Å²) in [5, 5.41) is 7.06. The largest absolute Gasteiger partial charge is 0.490 e. The quantitative estimate of drug-likeness (QED) is 0.391. The number of rotatable bonds is 7. The predicted molar refractivity (Wildman–Crippen MR) is 134 cm³/mol. The van der Waals surface area contributed by atoms with Crippen LogP contribution in [-0.4, -0.2) is 66.1 Å². The SMILES string of the molecule is Cc1c(N(C)C2CCN(Cc3ccccc3)C2)cc(F)c(S(=O)(=O)Nc2ncns2)c1F.O=C(O)C(F)(F)F. The zero-order valence-electron chi connectivity index (χ0n) is 20.6. The Balaban J connectivity index is 0.000000532. The van der Waals surface area contributed by atoms with E-state index in [0.717, 1.165) is 50.0 Å². The lowest BCUT2D eigenvalue weighted by molar-refractivity contribution is -0.192. The third kappa shape index (κ3) is 7.60. The third-order valence-electron chi connectivity index (χ3n) is 5.91. The Kier molecular flexibility index (Phi) is 9.45. The first kappa shape index (κ1) is 30.2. The van der Waals surface area contributed by atoms with Crippen molar-refractivity contribution in [2.24, 2.45) is 0 Å². The molecule has 1 atom stereocenters. The molecular formula is C23H24F5N5O4S2. The van der Waals surface area contributed by atoms with Crippen molar-refractivity contribution in [1.82, 2.24) is 14.3 Å². The first-order chi connectivity index (χ1) is 18.2. The number of aromatic nitrogens is 2. The average Bonchev–Trinajstić information content (AvgIpc) is 3.53. The molecule has 39 heavy (non-hydrogen) atoms. The molecule has 3 aromatic rings. The molecule has 1 aromatic heterocycles. The van der Waals surface area contributed by atoms with Crippen molar-refractivity contribution in [3.63, 3.8) is 0 Å². The van der Waals surface area contributed by atoms with Crippen molar-refractivity contribution in [2.45, 2.75) is 37.0 Å². The van der Waals surface area contributed by atoms with Crippen LogP contribution in [0.5, 0.6) is 0 Å². The van der Waals surface area contributed by atoms with Gasteiger partial charge >= 0.3 is 12.1 Å². The zero-order valence-corrected chi connectivity index (χ0v) is 22.2. The van der Waals surface area contributed by atoms with Crippen LogP contribution in [0.1, 0.15) is 17.5 Å². The number of anilines is 2. The molecule has 0 radical (unpaired) electrons. The van der Waals surface area contributed by atoms with Gasteiger partial charge in [-0.1, -0.05) is 30.3 Å². The summed E-state index contributed by atoms with van der Waals surface area (Å²) in [6.07, 6.45) is -3.09. The van der Waals surface area contributed by atoms with Crippen LogP contribution in [-0.2, 0) is 21.4 Å². The van der Waals surface area contributed by atoms with E-state index >= 15 is 4.39 Å². The lowest BCUT2D eigenvalue weighted by Crippen LogP contribution is -2.35. The van der Waals surface area contributed by atoms with Crippen molar-refractivity contribution in [3.8, 4) is 0 Å². The Labute approximate surface area is 225 Å². The summed E-state index contributed by atoms with van der Waals surface area (Å²) in [6.45, 7) is 3.88. The van der Waals surface area contributed by atoms with Gasteiger partial charge in [-0.3, -0.25) is 9.62 Å². The van der Waals surface area contributed by atoms with Crippen LogP contribution < -0.4 is 9.62 Å². The van der Waals surface area contributed by atoms with E-state index < -0.39 is 38.7 Å². The Morgan fingerprint density at radius 3 is 2.46 bits per heavy atom. The van der Waals surface area contributed by atoms with Crippen molar-refractivity contribution in [1.29, 1.82) is 0 Å². The molecule has 2 aromatic carbocycles. The third-order valence-corrected chi connectivity index (χ3v) is 7.99. The second-order valence-electron chi connectivity index (χ2n) is 8.57. The molecule has 2 heterocycles. The van der Waals surface area contributed by atoms with E-state index in [1.807, 2.05) is 23.1 Å². The fraction of sp³-hybridized carbons (Fsp3) is 0.348. The molecule has 1 saturated heterocycles. The lowest BCUT2D eigenvalue weighted by atomic mass is 10.1. The first-order valence-corrected chi connectivity index (χ1v) is 13.5. The zero-order chi connectivity index (χ0) is 29.0. The van der Waals surface area contributed by atoms with Gasteiger partial charge in [0.2, 0.25) is 5.13 Å². The standard InChI is InChI=1S/C21H23F2N5O2S2.C2HF3O2/c1-14-18(27(2)16-8-9-28(12-16)11-15-6-4-3-5-7-15)10-17(22)20(19(14)23)32(29,30)26-21-24-13-25-31-21;3-2(4,5)1(6)7/h3-7,10,13,16H,8-9,11-12H2,1-2H3,(H,24,25,26);(H,6,7). The van der Waals surface area contributed by atoms with Crippen molar-refractivity contribution >= 4 is 38.3 Å². The predicted octanol–water partition coefficient (Wildman–Crippen LogP) is 4.27. The molecule has 2 N–H and O–H groups in total. The number of alkyl halides is 3. The van der Waals surface area contributed by atoms with Gasteiger partial charge in [-0.25, -0.2) is 27.0 Å². The van der Waals surface area contributed by atoms with Crippen LogP contribution >= 0.6 is 11.5 Å². The highest BCUT2D eigenvalue weighted by Crippen LogP contribution is 2.33. The van der Waals surface area contributed by atoms with E-state index in [1.165, 1.54) is 12.5 Å². The van der Waals surface area contributed by atoms with Crippen LogP contribution in [0.3, 0.4) is 0 Å². The molecule has 1 fully saturated rings. The van der Waals surface area contributed by atoms with Gasteiger partial charge < -0.3 is 10.0 Å². The molecule has 0 spiro atoms. The fourth-order valence-corrected chi connectivity index (χ4v) is 5.84. The number of likely N-dealkylation sites (tertiary alicyclic amines) is 1.